The highest BCUT2D eigenvalue weighted by Crippen LogP contribution is 2.53. The molecule has 11 nitrogen and oxygen atoms in total. The summed E-state index contributed by atoms with van der Waals surface area (Å²) in [6, 6.07) is 14.6. The second-order valence-electron chi connectivity index (χ2n) is 24.7. The van der Waals surface area contributed by atoms with Crippen molar-refractivity contribution in [3.63, 3.8) is 0 Å². The Morgan fingerprint density at radius 3 is 1.33 bits per heavy atom. The molecule has 2 fully saturated rings. The summed E-state index contributed by atoms with van der Waals surface area (Å²) in [4.78, 5) is 67.2. The van der Waals surface area contributed by atoms with E-state index in [0.717, 1.165) is 0 Å². The van der Waals surface area contributed by atoms with Crippen LogP contribution >= 0.6 is 0 Å². The van der Waals surface area contributed by atoms with Gasteiger partial charge in [0.15, 0.2) is 11.7 Å². The number of amides is 2. The van der Waals surface area contributed by atoms with Crippen molar-refractivity contribution >= 4 is 47.1 Å². The fraction of sp³-hybridized carbons (Fsp3) is 0.571. The summed E-state index contributed by atoms with van der Waals surface area (Å²) in [6.45, 7) is 27.5. The Bertz CT molecular complexity index is 2590. The van der Waals surface area contributed by atoms with Crippen LogP contribution in [0, 0.1) is 57.2 Å². The topological polar surface area (TPSA) is 151 Å². The Labute approximate surface area is 424 Å². The van der Waals surface area contributed by atoms with Gasteiger partial charge in [-0.05, 0) is 83.4 Å². The van der Waals surface area contributed by atoms with Crippen molar-refractivity contribution in [2.45, 2.75) is 147 Å². The van der Waals surface area contributed by atoms with Crippen LogP contribution in [0.4, 0.5) is 38.0 Å². The molecule has 4 atom stereocenters. The highest BCUT2D eigenvalue weighted by atomic mass is 19.4. The van der Waals surface area contributed by atoms with Crippen LogP contribution in [-0.4, -0.2) is 58.8 Å². The van der Waals surface area contributed by atoms with Gasteiger partial charge in [-0.3, -0.25) is 9.59 Å². The fourth-order valence-corrected chi connectivity index (χ4v) is 11.0. The van der Waals surface area contributed by atoms with E-state index < -0.39 is 116 Å². The average Bonchev–Trinajstić information content (AvgIpc) is 3.81. The van der Waals surface area contributed by atoms with Crippen LogP contribution in [0.15, 0.2) is 81.8 Å². The molecule has 3 aromatic rings. The van der Waals surface area contributed by atoms with Crippen LogP contribution in [0.25, 0.3) is 0 Å². The van der Waals surface area contributed by atoms with Gasteiger partial charge < -0.3 is 25.1 Å². The number of carbonyl (C=O) groups excluding carboxylic acids is 4. The maximum Gasteiger partial charge on any atom is 0.421 e. The Morgan fingerprint density at radius 2 is 0.959 bits per heavy atom. The molecule has 17 heteroatoms. The van der Waals surface area contributed by atoms with Gasteiger partial charge in [-0.2, -0.15) is 26.3 Å². The van der Waals surface area contributed by atoms with Crippen LogP contribution < -0.4 is 10.6 Å². The first-order valence-corrected chi connectivity index (χ1v) is 25.0. The number of carbonyl (C=O) groups is 4. The molecule has 2 aromatic carbocycles. The van der Waals surface area contributed by atoms with Crippen molar-refractivity contribution in [3.8, 4) is 0 Å². The third kappa shape index (κ3) is 12.8. The molecule has 4 unspecified atom stereocenters. The van der Waals surface area contributed by atoms with Crippen LogP contribution in [0.1, 0.15) is 159 Å². The molecule has 2 amide bonds. The number of aliphatic imine (C=N–C) groups is 2. The first-order valence-electron chi connectivity index (χ1n) is 25.0. The van der Waals surface area contributed by atoms with E-state index in [-0.39, 0.29) is 46.6 Å². The van der Waals surface area contributed by atoms with Gasteiger partial charge in [0.1, 0.15) is 46.1 Å². The molecular formula is C56H71F6N5O6. The van der Waals surface area contributed by atoms with E-state index in [1.165, 1.54) is 48.5 Å². The zero-order valence-corrected chi connectivity index (χ0v) is 44.3. The monoisotopic (exact) mass is 1020 g/mol. The number of H-pyrrole nitrogens is 1. The van der Waals surface area contributed by atoms with Gasteiger partial charge in [-0.1, -0.05) is 133 Å². The van der Waals surface area contributed by atoms with E-state index >= 15 is 26.3 Å². The highest BCUT2D eigenvalue weighted by molar-refractivity contribution is 6.34. The van der Waals surface area contributed by atoms with E-state index in [1.54, 1.807) is 12.1 Å². The van der Waals surface area contributed by atoms with E-state index in [0.29, 0.717) is 25.7 Å². The van der Waals surface area contributed by atoms with Crippen molar-refractivity contribution in [1.82, 2.24) is 10.3 Å². The molecule has 2 saturated carbocycles. The van der Waals surface area contributed by atoms with Gasteiger partial charge >= 0.3 is 24.3 Å². The summed E-state index contributed by atoms with van der Waals surface area (Å²) in [5.41, 5.74) is -8.36. The number of aromatic nitrogens is 1. The van der Waals surface area contributed by atoms with Gasteiger partial charge in [-0.25, -0.2) is 19.6 Å². The maximum atomic E-state index is 15.9. The third-order valence-electron chi connectivity index (χ3n) is 14.8. The summed E-state index contributed by atoms with van der Waals surface area (Å²) in [5.74, 6) is -10.7. The number of rotatable bonds is 8. The number of nitrogens with one attached hydrogen (secondary N) is 3. The molecule has 0 bridgehead atoms. The minimum absolute atomic E-state index is 0.0286. The molecule has 2 heterocycles. The zero-order valence-electron chi connectivity index (χ0n) is 44.3. The molecule has 0 radical (unpaired) electrons. The van der Waals surface area contributed by atoms with Crippen molar-refractivity contribution in [1.29, 1.82) is 0 Å². The summed E-state index contributed by atoms with van der Waals surface area (Å²) >= 11 is 0. The number of amidine groups is 2. The Kier molecular flexibility index (Phi) is 15.9. The van der Waals surface area contributed by atoms with E-state index in [2.05, 4.69) is 39.4 Å². The number of alkyl halides is 6. The van der Waals surface area contributed by atoms with Crippen LogP contribution in [-0.2, 0) is 20.4 Å². The van der Waals surface area contributed by atoms with E-state index in [1.807, 2.05) is 83.1 Å². The molecule has 3 aliphatic rings. The zero-order chi connectivity index (χ0) is 54.6. The number of esters is 2. The molecule has 0 saturated heterocycles. The van der Waals surface area contributed by atoms with Gasteiger partial charge in [0.05, 0.1) is 0 Å². The second kappa shape index (κ2) is 20.5. The number of aromatic amines is 1. The summed E-state index contributed by atoms with van der Waals surface area (Å²) in [6.07, 6.45) is -10.7. The molecule has 1 aliphatic heterocycles. The first kappa shape index (κ1) is 56.6. The van der Waals surface area contributed by atoms with E-state index in [4.69, 9.17) is 9.47 Å². The molecule has 2 aliphatic carbocycles. The predicted molar refractivity (Wildman–Crippen MR) is 269 cm³/mol. The van der Waals surface area contributed by atoms with Crippen molar-refractivity contribution in [2.75, 3.05) is 5.32 Å². The van der Waals surface area contributed by atoms with Crippen LogP contribution in [0.3, 0.4) is 0 Å². The Hall–Kier alpha value is -5.74. The number of nitrogens with zero attached hydrogens (tertiary/aromatic N) is 2. The van der Waals surface area contributed by atoms with Gasteiger partial charge in [0.25, 0.3) is 11.8 Å². The van der Waals surface area contributed by atoms with Crippen LogP contribution in [0.2, 0.25) is 0 Å². The van der Waals surface area contributed by atoms with Gasteiger partial charge in [0, 0.05) is 34.8 Å². The smallest absolute Gasteiger partial charge is 0.421 e. The molecule has 6 rings (SSSR count). The summed E-state index contributed by atoms with van der Waals surface area (Å²) in [7, 11) is 0. The molecule has 0 spiro atoms. The van der Waals surface area contributed by atoms with E-state index in [9.17, 15) is 19.2 Å². The van der Waals surface area contributed by atoms with Gasteiger partial charge in [-0.15, -0.1) is 0 Å². The number of anilines is 1. The predicted octanol–water partition coefficient (Wildman–Crippen LogP) is 14.0. The van der Waals surface area contributed by atoms with Gasteiger partial charge in [0.2, 0.25) is 0 Å². The Morgan fingerprint density at radius 1 is 0.575 bits per heavy atom. The minimum Gasteiger partial charge on any atom is -0.458 e. The lowest BCUT2D eigenvalue weighted by Gasteiger charge is -2.50. The molecule has 3 N–H and O–H groups in total. The third-order valence-corrected chi connectivity index (χ3v) is 14.8. The number of ether oxygens (including phenoxy) is 2. The number of halogens is 6. The minimum atomic E-state index is -5.57. The lowest BCUT2D eigenvalue weighted by Crippen LogP contribution is -2.50. The quantitative estimate of drug-likeness (QED) is 0.151. The SMILES string of the molecule is CC1CC(C(C)(C)C)C(OC(=O)C2=C(C(F)(F)F)C(=Nc3[nH]c(NC(=O)c4ccccc4)c(C(=O)OC4C(C(C)(C)C)CC(C)CC4C(C)(C)C)c3C(F)(F)F)N=C2NC(=O)c2ccccc2)C(C(C)(C)C)C1. The molecule has 1 aromatic heterocycles. The average molecular weight is 1020 g/mol. The lowest BCUT2D eigenvalue weighted by molar-refractivity contribution is -0.164. The summed E-state index contributed by atoms with van der Waals surface area (Å²) in [5, 5.41) is 4.61. The lowest BCUT2D eigenvalue weighted by atomic mass is 9.59. The number of benzene rings is 2. The maximum absolute atomic E-state index is 15.9. The highest BCUT2D eigenvalue weighted by Gasteiger charge is 2.54. The van der Waals surface area contributed by atoms with Crippen molar-refractivity contribution in [3.05, 3.63) is 94.1 Å². The standard InChI is InChI=1S/C56H71F6N5O6/c1-29-25-33(51(3,4)5)41(34(26-29)52(6,7)8)72-49(70)37-39(55(57,58)59)45(63-43(37)66-47(68)31-21-17-15-18-22-31)65-46-40(56(60,61)62)38(44(64-46)67-48(69)32-23-19-16-20-24-32)50(71)73-42-35(53(9,10)11)27-30(2)28-36(42)54(12,13)14/h15-24,29-30,33-36,41-42,63H,25-28H2,1-14H3,(H,66,68)(H,64,65,67,69). The van der Waals surface area contributed by atoms with Crippen molar-refractivity contribution < 1.29 is 55.0 Å². The van der Waals surface area contributed by atoms with Crippen LogP contribution in [0.5, 0.6) is 0 Å². The summed E-state index contributed by atoms with van der Waals surface area (Å²) < 4.78 is 108. The van der Waals surface area contributed by atoms with Crippen molar-refractivity contribution in [2.24, 2.45) is 67.2 Å². The molecule has 398 valence electrons. The molecule has 73 heavy (non-hydrogen) atoms. The largest absolute Gasteiger partial charge is 0.458 e. The Balaban J connectivity index is 1.60. The normalized spacial score (nSPS) is 25.0. The number of hydrogen-bond acceptors (Lipinski definition) is 7. The fourth-order valence-electron chi connectivity index (χ4n) is 11.0. The second-order valence-corrected chi connectivity index (χ2v) is 24.7. The molecular weight excluding hydrogens is 953 g/mol. The number of hydrogen-bond donors (Lipinski definition) is 3. The first-order chi connectivity index (χ1) is 33.5.